The molecule has 1 aliphatic heterocycles. The summed E-state index contributed by atoms with van der Waals surface area (Å²) in [6, 6.07) is 10.3. The van der Waals surface area contributed by atoms with Gasteiger partial charge in [-0.3, -0.25) is 9.69 Å². The number of nitrogens with zero attached hydrogens (tertiary/aromatic N) is 1. The van der Waals surface area contributed by atoms with Gasteiger partial charge in [-0.05, 0) is 53.8 Å². The first-order valence-corrected chi connectivity index (χ1v) is 8.87. The van der Waals surface area contributed by atoms with Crippen LogP contribution in [0.4, 0.5) is 0 Å². The number of hydrogen-bond acceptors (Lipinski definition) is 4. The molecule has 1 unspecified atom stereocenters. The Balaban J connectivity index is 1.88. The second kappa shape index (κ2) is 7.98. The summed E-state index contributed by atoms with van der Waals surface area (Å²) in [6.45, 7) is 1.29. The molecule has 138 valence electrons. The minimum atomic E-state index is -0.867. The number of carbonyl (C=O) groups is 1. The molecule has 0 bridgehead atoms. The van der Waals surface area contributed by atoms with Crippen LogP contribution in [-0.4, -0.2) is 43.3 Å². The first kappa shape index (κ1) is 18.5. The van der Waals surface area contributed by atoms with Crippen LogP contribution in [-0.2, 0) is 17.6 Å². The highest BCUT2D eigenvalue weighted by molar-refractivity contribution is 6.30. The average Bonchev–Trinajstić information content (AvgIpc) is 2.83. The van der Waals surface area contributed by atoms with Crippen molar-refractivity contribution in [3.05, 3.63) is 58.1 Å². The van der Waals surface area contributed by atoms with Crippen LogP contribution in [0.5, 0.6) is 11.5 Å². The van der Waals surface area contributed by atoms with Crippen LogP contribution in [0.3, 0.4) is 0 Å². The maximum Gasteiger partial charge on any atom is 0.325 e. The Labute approximate surface area is 158 Å². The Bertz CT molecular complexity index is 773. The van der Waals surface area contributed by atoms with Gasteiger partial charge in [-0.2, -0.15) is 0 Å². The van der Waals surface area contributed by atoms with Crippen molar-refractivity contribution in [1.82, 2.24) is 4.90 Å². The molecule has 1 N–H and O–H groups in total. The molecule has 5 nitrogen and oxygen atoms in total. The molecule has 1 heterocycles. The molecule has 0 spiro atoms. The van der Waals surface area contributed by atoms with Crippen molar-refractivity contribution in [1.29, 1.82) is 0 Å². The summed E-state index contributed by atoms with van der Waals surface area (Å²) in [6.07, 6.45) is 1.50. The van der Waals surface area contributed by atoms with Crippen molar-refractivity contribution in [3.8, 4) is 11.5 Å². The Morgan fingerprint density at radius 1 is 1.08 bits per heavy atom. The fourth-order valence-electron chi connectivity index (χ4n) is 3.51. The molecule has 0 radical (unpaired) electrons. The highest BCUT2D eigenvalue weighted by atomic mass is 35.5. The van der Waals surface area contributed by atoms with E-state index in [9.17, 15) is 9.90 Å². The quantitative estimate of drug-likeness (QED) is 0.865. The van der Waals surface area contributed by atoms with E-state index in [1.807, 2.05) is 23.1 Å². The number of fused-ring (bicyclic) bond motifs is 1. The lowest BCUT2D eigenvalue weighted by Gasteiger charge is -2.27. The molecular weight excluding hydrogens is 354 g/mol. The van der Waals surface area contributed by atoms with Crippen molar-refractivity contribution >= 4 is 17.6 Å². The number of carboxylic acid groups (broad SMARTS) is 1. The minimum absolute atomic E-state index is 0.543. The monoisotopic (exact) mass is 375 g/mol. The van der Waals surface area contributed by atoms with Gasteiger partial charge in [0, 0.05) is 18.1 Å². The van der Waals surface area contributed by atoms with Crippen molar-refractivity contribution in [3.63, 3.8) is 0 Å². The van der Waals surface area contributed by atoms with Gasteiger partial charge in [0.05, 0.1) is 14.2 Å². The molecule has 26 heavy (non-hydrogen) atoms. The second-order valence-electron chi connectivity index (χ2n) is 6.31. The lowest BCUT2D eigenvalue weighted by molar-refractivity contribution is -0.143. The summed E-state index contributed by atoms with van der Waals surface area (Å²) < 4.78 is 10.8. The predicted molar refractivity (Wildman–Crippen MR) is 100 cm³/mol. The van der Waals surface area contributed by atoms with E-state index in [-0.39, 0.29) is 0 Å². The lowest BCUT2D eigenvalue weighted by atomic mass is 10.0. The summed E-state index contributed by atoms with van der Waals surface area (Å²) in [5.41, 5.74) is 3.03. The largest absolute Gasteiger partial charge is 0.493 e. The van der Waals surface area contributed by atoms with Crippen molar-refractivity contribution in [2.45, 2.75) is 18.9 Å². The van der Waals surface area contributed by atoms with Crippen LogP contribution in [0.2, 0.25) is 5.02 Å². The topological polar surface area (TPSA) is 59.0 Å². The molecule has 1 atom stereocenters. The molecule has 0 saturated heterocycles. The van der Waals surface area contributed by atoms with Gasteiger partial charge in [0.25, 0.3) is 0 Å². The second-order valence-corrected chi connectivity index (χ2v) is 6.74. The van der Waals surface area contributed by atoms with E-state index in [1.165, 1.54) is 11.1 Å². The van der Waals surface area contributed by atoms with Gasteiger partial charge in [0.2, 0.25) is 0 Å². The van der Waals surface area contributed by atoms with Gasteiger partial charge in [-0.25, -0.2) is 0 Å². The van der Waals surface area contributed by atoms with Crippen LogP contribution in [0.15, 0.2) is 36.4 Å². The van der Waals surface area contributed by atoms with Gasteiger partial charge in [0.15, 0.2) is 11.5 Å². The minimum Gasteiger partial charge on any atom is -0.493 e. The smallest absolute Gasteiger partial charge is 0.325 e. The summed E-state index contributed by atoms with van der Waals surface area (Å²) in [4.78, 5) is 14.0. The molecule has 0 aromatic heterocycles. The van der Waals surface area contributed by atoms with Crippen molar-refractivity contribution in [2.75, 3.05) is 27.3 Å². The molecule has 1 aliphatic rings. The zero-order valence-corrected chi connectivity index (χ0v) is 15.6. The number of rotatable bonds is 5. The third-order valence-corrected chi connectivity index (χ3v) is 5.04. The molecule has 0 fully saturated rings. The van der Waals surface area contributed by atoms with Gasteiger partial charge in [0.1, 0.15) is 6.04 Å². The number of aliphatic carboxylic acids is 1. The molecule has 0 saturated carbocycles. The van der Waals surface area contributed by atoms with Crippen LogP contribution in [0, 0.1) is 0 Å². The Kier molecular flexibility index (Phi) is 5.69. The highest BCUT2D eigenvalue weighted by Gasteiger charge is 2.29. The van der Waals surface area contributed by atoms with E-state index in [1.54, 1.807) is 32.4 Å². The Morgan fingerprint density at radius 3 is 2.12 bits per heavy atom. The molecule has 3 rings (SSSR count). The van der Waals surface area contributed by atoms with Crippen molar-refractivity contribution < 1.29 is 19.4 Å². The van der Waals surface area contributed by atoms with Crippen LogP contribution in [0.25, 0.3) is 0 Å². The van der Waals surface area contributed by atoms with E-state index in [4.69, 9.17) is 21.1 Å². The first-order valence-electron chi connectivity index (χ1n) is 8.49. The van der Waals surface area contributed by atoms with E-state index >= 15 is 0 Å². The van der Waals surface area contributed by atoms with Gasteiger partial charge < -0.3 is 14.6 Å². The number of ether oxygens (including phenoxy) is 2. The zero-order valence-electron chi connectivity index (χ0n) is 14.9. The normalized spacial score (nSPS) is 15.7. The molecule has 0 aliphatic carbocycles. The predicted octanol–water partition coefficient (Wildman–Crippen LogP) is 3.58. The van der Waals surface area contributed by atoms with Crippen LogP contribution in [0.1, 0.15) is 22.7 Å². The maximum absolute atomic E-state index is 12.0. The molecule has 6 heteroatoms. The zero-order chi connectivity index (χ0) is 18.7. The van der Waals surface area contributed by atoms with Crippen LogP contribution < -0.4 is 9.47 Å². The highest BCUT2D eigenvalue weighted by Crippen LogP contribution is 2.33. The van der Waals surface area contributed by atoms with Crippen LogP contribution >= 0.6 is 11.6 Å². The number of hydrogen-bond donors (Lipinski definition) is 1. The Morgan fingerprint density at radius 2 is 1.65 bits per heavy atom. The summed E-state index contributed by atoms with van der Waals surface area (Å²) in [7, 11) is 3.24. The van der Waals surface area contributed by atoms with Crippen molar-refractivity contribution in [2.24, 2.45) is 0 Å². The number of methoxy groups -OCH3 is 2. The van der Waals surface area contributed by atoms with E-state index in [0.29, 0.717) is 35.2 Å². The third-order valence-electron chi connectivity index (χ3n) is 4.81. The van der Waals surface area contributed by atoms with E-state index < -0.39 is 12.0 Å². The van der Waals surface area contributed by atoms with E-state index in [0.717, 1.165) is 12.8 Å². The molecule has 2 aromatic rings. The lowest BCUT2D eigenvalue weighted by Crippen LogP contribution is -2.36. The molecule has 0 amide bonds. The standard InChI is InChI=1S/C20H22ClNO4/c1-25-17-11-13-6-8-22(9-7-14(13)12-18(17)26-2)19(20(23)24)15-4-3-5-16(21)10-15/h3-5,10-12,19H,6-9H2,1-2H3,(H,23,24). The Hall–Kier alpha value is -2.24. The SMILES string of the molecule is COc1cc2c(cc1OC)CCN(C(C(=O)O)c1cccc(Cl)c1)CC2. The third kappa shape index (κ3) is 3.79. The summed E-state index contributed by atoms with van der Waals surface area (Å²) in [5.74, 6) is 0.530. The number of benzene rings is 2. The molecule has 2 aromatic carbocycles. The summed E-state index contributed by atoms with van der Waals surface area (Å²) >= 11 is 6.07. The molecular formula is C20H22ClNO4. The fourth-order valence-corrected chi connectivity index (χ4v) is 3.71. The van der Waals surface area contributed by atoms with Gasteiger partial charge in [-0.1, -0.05) is 23.7 Å². The summed E-state index contributed by atoms with van der Waals surface area (Å²) in [5, 5.41) is 10.4. The maximum atomic E-state index is 12.0. The van der Waals surface area contributed by atoms with Gasteiger partial charge in [-0.15, -0.1) is 0 Å². The number of carboxylic acids is 1. The van der Waals surface area contributed by atoms with E-state index in [2.05, 4.69) is 0 Å². The average molecular weight is 376 g/mol. The van der Waals surface area contributed by atoms with Gasteiger partial charge >= 0.3 is 5.97 Å². The fraction of sp³-hybridized carbons (Fsp3) is 0.350. The first-order chi connectivity index (χ1) is 12.5. The number of halogens is 1.